The Kier molecular flexibility index (Phi) is 3.93. The van der Waals surface area contributed by atoms with Crippen molar-refractivity contribution in [2.24, 2.45) is 5.73 Å². The molecule has 2 nitrogen and oxygen atoms in total. The Morgan fingerprint density at radius 2 is 1.67 bits per heavy atom. The van der Waals surface area contributed by atoms with Gasteiger partial charge in [0.15, 0.2) is 0 Å². The first kappa shape index (κ1) is 13.0. The summed E-state index contributed by atoms with van der Waals surface area (Å²) in [4.78, 5) is 0. The fraction of sp³-hybridized carbons (Fsp3) is 0.0769. The van der Waals surface area contributed by atoms with E-state index in [1.807, 2.05) is 0 Å². The molecule has 0 unspecified atom stereocenters. The Morgan fingerprint density at radius 1 is 1.00 bits per heavy atom. The molecule has 0 aliphatic rings. The highest BCUT2D eigenvalue weighted by atomic mass is 79.9. The van der Waals surface area contributed by atoms with Crippen molar-refractivity contribution in [3.63, 3.8) is 0 Å². The van der Waals surface area contributed by atoms with Crippen LogP contribution in [0.2, 0.25) is 0 Å². The molecule has 5 heteroatoms. The third-order valence-electron chi connectivity index (χ3n) is 2.32. The van der Waals surface area contributed by atoms with E-state index in [-0.39, 0.29) is 5.75 Å². The van der Waals surface area contributed by atoms with Crippen LogP contribution >= 0.6 is 15.9 Å². The lowest BCUT2D eigenvalue weighted by Crippen LogP contribution is -1.97. The van der Waals surface area contributed by atoms with Gasteiger partial charge in [0.05, 0.1) is 0 Å². The van der Waals surface area contributed by atoms with Gasteiger partial charge in [-0.1, -0.05) is 22.0 Å². The summed E-state index contributed by atoms with van der Waals surface area (Å²) >= 11 is 3.34. The zero-order valence-corrected chi connectivity index (χ0v) is 10.9. The van der Waals surface area contributed by atoms with E-state index < -0.39 is 11.6 Å². The summed E-state index contributed by atoms with van der Waals surface area (Å²) in [5.74, 6) is -0.769. The van der Waals surface area contributed by atoms with Gasteiger partial charge in [-0.15, -0.1) is 0 Å². The van der Waals surface area contributed by atoms with Gasteiger partial charge in [-0.05, 0) is 17.7 Å². The number of ether oxygens (including phenoxy) is 1. The minimum Gasteiger partial charge on any atom is -0.457 e. The molecule has 0 aliphatic carbocycles. The molecule has 0 heterocycles. The molecule has 0 atom stereocenters. The van der Waals surface area contributed by atoms with Gasteiger partial charge in [-0.25, -0.2) is 8.78 Å². The molecule has 0 spiro atoms. The second kappa shape index (κ2) is 5.46. The van der Waals surface area contributed by atoms with Crippen LogP contribution in [0.5, 0.6) is 11.5 Å². The highest BCUT2D eigenvalue weighted by Crippen LogP contribution is 2.27. The van der Waals surface area contributed by atoms with E-state index in [0.717, 1.165) is 28.2 Å². The molecule has 2 N–H and O–H groups in total. The van der Waals surface area contributed by atoms with Crippen LogP contribution in [0.25, 0.3) is 0 Å². The lowest BCUT2D eigenvalue weighted by Gasteiger charge is -2.08. The lowest BCUT2D eigenvalue weighted by molar-refractivity contribution is 0.468. The van der Waals surface area contributed by atoms with Gasteiger partial charge in [-0.2, -0.15) is 0 Å². The zero-order chi connectivity index (χ0) is 13.1. The Hall–Kier alpha value is -1.46. The second-order valence-corrected chi connectivity index (χ2v) is 4.52. The van der Waals surface area contributed by atoms with Gasteiger partial charge in [0, 0.05) is 29.2 Å². The fourth-order valence-corrected chi connectivity index (χ4v) is 2.00. The molecule has 0 saturated carbocycles. The smallest absolute Gasteiger partial charge is 0.133 e. The summed E-state index contributed by atoms with van der Waals surface area (Å²) in [6, 6.07) is 8.21. The zero-order valence-electron chi connectivity index (χ0n) is 9.29. The molecule has 2 rings (SSSR count). The molecule has 0 fully saturated rings. The van der Waals surface area contributed by atoms with Gasteiger partial charge >= 0.3 is 0 Å². The minimum absolute atomic E-state index is 0.111. The number of hydrogen-bond donors (Lipinski definition) is 1. The summed E-state index contributed by atoms with van der Waals surface area (Å²) in [5.41, 5.74) is 6.45. The molecule has 0 radical (unpaired) electrons. The molecule has 18 heavy (non-hydrogen) atoms. The van der Waals surface area contributed by atoms with Crippen LogP contribution in [0.4, 0.5) is 8.78 Å². The maximum atomic E-state index is 13.0. The van der Waals surface area contributed by atoms with Crippen molar-refractivity contribution in [2.45, 2.75) is 6.54 Å². The molecule has 0 aliphatic heterocycles. The fourth-order valence-electron chi connectivity index (χ4n) is 1.48. The number of rotatable bonds is 3. The average Bonchev–Trinajstić information content (AvgIpc) is 2.27. The van der Waals surface area contributed by atoms with Crippen LogP contribution in [-0.2, 0) is 6.54 Å². The number of nitrogens with two attached hydrogens (primary N) is 1. The monoisotopic (exact) mass is 313 g/mol. The third-order valence-corrected chi connectivity index (χ3v) is 3.05. The first-order valence-corrected chi connectivity index (χ1v) is 6.00. The molecule has 2 aromatic rings. The quantitative estimate of drug-likeness (QED) is 0.930. The molecular formula is C13H10BrF2NO. The Morgan fingerprint density at radius 3 is 2.22 bits per heavy atom. The van der Waals surface area contributed by atoms with Crippen molar-refractivity contribution in [3.05, 3.63) is 58.1 Å². The van der Waals surface area contributed by atoms with E-state index in [1.165, 1.54) is 0 Å². The molecule has 0 amide bonds. The number of benzene rings is 2. The summed E-state index contributed by atoms with van der Waals surface area (Å²) in [7, 11) is 0. The van der Waals surface area contributed by atoms with Gasteiger partial charge < -0.3 is 10.5 Å². The molecule has 0 aromatic heterocycles. The Bertz CT molecular complexity index is 555. The van der Waals surface area contributed by atoms with Crippen LogP contribution in [0.1, 0.15) is 5.56 Å². The molecule has 0 bridgehead atoms. The van der Waals surface area contributed by atoms with E-state index in [4.69, 9.17) is 10.5 Å². The van der Waals surface area contributed by atoms with Crippen LogP contribution in [0.3, 0.4) is 0 Å². The van der Waals surface area contributed by atoms with Gasteiger partial charge in [0.1, 0.15) is 23.1 Å². The normalized spacial score (nSPS) is 10.4. The second-order valence-electron chi connectivity index (χ2n) is 3.66. The SMILES string of the molecule is NCc1ccc(Oc2cc(F)cc(F)c2)cc1Br. The van der Waals surface area contributed by atoms with E-state index in [0.29, 0.717) is 12.3 Å². The summed E-state index contributed by atoms with van der Waals surface area (Å²) in [6.07, 6.45) is 0. The molecular weight excluding hydrogens is 304 g/mol. The van der Waals surface area contributed by atoms with E-state index in [9.17, 15) is 8.78 Å². The van der Waals surface area contributed by atoms with Crippen molar-refractivity contribution in [1.29, 1.82) is 0 Å². The maximum absolute atomic E-state index is 13.0. The topological polar surface area (TPSA) is 35.2 Å². The highest BCUT2D eigenvalue weighted by Gasteiger charge is 2.05. The lowest BCUT2D eigenvalue weighted by atomic mass is 10.2. The highest BCUT2D eigenvalue weighted by molar-refractivity contribution is 9.10. The molecule has 0 saturated heterocycles. The van der Waals surface area contributed by atoms with Crippen LogP contribution < -0.4 is 10.5 Å². The minimum atomic E-state index is -0.678. The third kappa shape index (κ3) is 3.05. The molecule has 94 valence electrons. The summed E-state index contributed by atoms with van der Waals surface area (Å²) in [5, 5.41) is 0. The first-order chi connectivity index (χ1) is 8.58. The molecule has 2 aromatic carbocycles. The number of halogens is 3. The van der Waals surface area contributed by atoms with Gasteiger partial charge in [-0.3, -0.25) is 0 Å². The maximum Gasteiger partial charge on any atom is 0.133 e. The van der Waals surface area contributed by atoms with Crippen LogP contribution in [0.15, 0.2) is 40.9 Å². The number of hydrogen-bond acceptors (Lipinski definition) is 2. The summed E-state index contributed by atoms with van der Waals surface area (Å²) < 4.78 is 32.1. The van der Waals surface area contributed by atoms with E-state index in [2.05, 4.69) is 15.9 Å². The first-order valence-electron chi connectivity index (χ1n) is 5.21. The predicted molar refractivity (Wildman–Crippen MR) is 68.5 cm³/mol. The van der Waals surface area contributed by atoms with Crippen LogP contribution in [-0.4, -0.2) is 0 Å². The average molecular weight is 314 g/mol. The van der Waals surface area contributed by atoms with Crippen molar-refractivity contribution < 1.29 is 13.5 Å². The largest absolute Gasteiger partial charge is 0.457 e. The van der Waals surface area contributed by atoms with Gasteiger partial charge in [0.2, 0.25) is 0 Å². The standard InChI is InChI=1S/C13H10BrF2NO/c14-13-6-11(2-1-8(13)7-17)18-12-4-9(15)3-10(16)5-12/h1-6H,7,17H2. The summed E-state index contributed by atoms with van der Waals surface area (Å²) in [6.45, 7) is 0.398. The predicted octanol–water partition coefficient (Wildman–Crippen LogP) is 3.98. The van der Waals surface area contributed by atoms with E-state index in [1.54, 1.807) is 18.2 Å². The van der Waals surface area contributed by atoms with Crippen molar-refractivity contribution >= 4 is 15.9 Å². The van der Waals surface area contributed by atoms with Crippen LogP contribution in [0, 0.1) is 11.6 Å². The van der Waals surface area contributed by atoms with Crippen molar-refractivity contribution in [2.75, 3.05) is 0 Å². The Labute approximate surface area is 112 Å². The van der Waals surface area contributed by atoms with Crippen molar-refractivity contribution in [1.82, 2.24) is 0 Å². The van der Waals surface area contributed by atoms with Crippen molar-refractivity contribution in [3.8, 4) is 11.5 Å². The Balaban J connectivity index is 2.25. The van der Waals surface area contributed by atoms with E-state index >= 15 is 0 Å². The van der Waals surface area contributed by atoms with Gasteiger partial charge in [0.25, 0.3) is 0 Å².